The quantitative estimate of drug-likeness (QED) is 0.583. The van der Waals surface area contributed by atoms with Gasteiger partial charge in [0.1, 0.15) is 0 Å². The van der Waals surface area contributed by atoms with Gasteiger partial charge in [-0.25, -0.2) is 9.89 Å². The number of fused-ring (bicyclic) bond motifs is 1. The zero-order valence-corrected chi connectivity index (χ0v) is 13.1. The second-order valence-electron chi connectivity index (χ2n) is 6.17. The monoisotopic (exact) mass is 345 g/mol. The summed E-state index contributed by atoms with van der Waals surface area (Å²) < 4.78 is 0. The number of aromatic amines is 3. The van der Waals surface area contributed by atoms with Gasteiger partial charge in [0.25, 0.3) is 17.4 Å². The molecule has 11 nitrogen and oxygen atoms in total. The summed E-state index contributed by atoms with van der Waals surface area (Å²) in [6.45, 7) is 1.39. The lowest BCUT2D eigenvalue weighted by atomic mass is 10.1. The summed E-state index contributed by atoms with van der Waals surface area (Å²) in [5.41, 5.74) is -1.47. The zero-order valence-electron chi connectivity index (χ0n) is 13.1. The molecule has 0 bridgehead atoms. The molecule has 3 N–H and O–H groups in total. The molecule has 0 saturated carbocycles. The Bertz CT molecular complexity index is 931. The summed E-state index contributed by atoms with van der Waals surface area (Å²) in [7, 11) is 0. The van der Waals surface area contributed by atoms with Crippen molar-refractivity contribution in [3.05, 3.63) is 44.5 Å². The third-order valence-corrected chi connectivity index (χ3v) is 4.75. The molecule has 2 atom stereocenters. The molecular formula is C14H15N7O4. The van der Waals surface area contributed by atoms with E-state index in [4.69, 9.17) is 0 Å². The van der Waals surface area contributed by atoms with Gasteiger partial charge in [-0.15, -0.1) is 0 Å². The smallest absolute Gasteiger partial charge is 0.335 e. The molecule has 11 heteroatoms. The fraction of sp³-hybridized carbons (Fsp3) is 0.429. The van der Waals surface area contributed by atoms with Crippen LogP contribution in [0.3, 0.4) is 0 Å². The van der Waals surface area contributed by atoms with Crippen LogP contribution in [-0.2, 0) is 0 Å². The minimum absolute atomic E-state index is 0.104. The predicted molar refractivity (Wildman–Crippen MR) is 82.9 cm³/mol. The first-order valence-corrected chi connectivity index (χ1v) is 7.82. The van der Waals surface area contributed by atoms with Crippen LogP contribution in [0.1, 0.15) is 27.3 Å². The molecule has 0 spiro atoms. The van der Waals surface area contributed by atoms with Crippen molar-refractivity contribution in [1.82, 2.24) is 35.2 Å². The van der Waals surface area contributed by atoms with Gasteiger partial charge < -0.3 is 9.80 Å². The number of rotatable bonds is 2. The number of nitrogens with zero attached hydrogens (tertiary/aromatic N) is 4. The van der Waals surface area contributed by atoms with Crippen LogP contribution in [0.15, 0.2) is 22.0 Å². The number of hydrogen-bond donors (Lipinski definition) is 3. The van der Waals surface area contributed by atoms with Crippen LogP contribution >= 0.6 is 0 Å². The van der Waals surface area contributed by atoms with Crippen molar-refractivity contribution in [2.45, 2.75) is 12.5 Å². The van der Waals surface area contributed by atoms with E-state index in [0.29, 0.717) is 25.2 Å². The van der Waals surface area contributed by atoms with E-state index in [1.807, 2.05) is 4.98 Å². The van der Waals surface area contributed by atoms with E-state index in [-0.39, 0.29) is 23.6 Å². The van der Waals surface area contributed by atoms with Crippen LogP contribution in [0.2, 0.25) is 0 Å². The number of H-pyrrole nitrogens is 3. The van der Waals surface area contributed by atoms with E-state index in [2.05, 4.69) is 20.4 Å². The molecule has 130 valence electrons. The highest BCUT2D eigenvalue weighted by Crippen LogP contribution is 2.32. The predicted octanol–water partition coefficient (Wildman–Crippen LogP) is -1.83. The maximum atomic E-state index is 12.5. The Morgan fingerprint density at radius 2 is 2.04 bits per heavy atom. The van der Waals surface area contributed by atoms with Gasteiger partial charge in [-0.05, 0) is 6.42 Å². The minimum Gasteiger partial charge on any atom is -0.335 e. The molecule has 2 amide bonds. The van der Waals surface area contributed by atoms with E-state index in [0.717, 1.165) is 6.42 Å². The van der Waals surface area contributed by atoms with E-state index in [9.17, 15) is 19.2 Å². The molecule has 2 aromatic rings. The highest BCUT2D eigenvalue weighted by Gasteiger charge is 2.45. The normalized spacial score (nSPS) is 22.2. The molecule has 2 aromatic heterocycles. The van der Waals surface area contributed by atoms with Gasteiger partial charge in [0.05, 0.1) is 17.8 Å². The van der Waals surface area contributed by atoms with Crippen LogP contribution in [0.5, 0.6) is 0 Å². The summed E-state index contributed by atoms with van der Waals surface area (Å²) in [4.78, 5) is 53.1. The van der Waals surface area contributed by atoms with E-state index < -0.39 is 17.2 Å². The van der Waals surface area contributed by atoms with Crippen LogP contribution in [0.4, 0.5) is 0 Å². The first kappa shape index (κ1) is 15.3. The number of amides is 2. The Hall–Kier alpha value is -3.24. The number of aromatic nitrogens is 5. The Balaban J connectivity index is 1.53. The Labute approximate surface area is 140 Å². The number of likely N-dealkylation sites (tertiary alicyclic amines) is 2. The van der Waals surface area contributed by atoms with E-state index in [1.54, 1.807) is 4.90 Å². The maximum absolute atomic E-state index is 12.5. The molecule has 4 heterocycles. The summed E-state index contributed by atoms with van der Waals surface area (Å²) in [5.74, 6) is -0.528. The SMILES string of the molecule is O=C(c1n[nH]c(=O)[nH]c1=O)N1C[C@H]2CCN(C(=O)c3cn[nH]c3)[C@H]2C1. The summed E-state index contributed by atoms with van der Waals surface area (Å²) in [6, 6.07) is -0.104. The molecule has 2 saturated heterocycles. The topological polar surface area (TPSA) is 148 Å². The molecule has 0 aliphatic carbocycles. The minimum atomic E-state index is -0.822. The molecular weight excluding hydrogens is 330 g/mol. The number of hydrogen-bond acceptors (Lipinski definition) is 6. The van der Waals surface area contributed by atoms with Gasteiger partial charge in [-0.3, -0.25) is 24.5 Å². The Kier molecular flexibility index (Phi) is 3.48. The summed E-state index contributed by atoms with van der Waals surface area (Å²) in [5, 5.41) is 12.0. The molecule has 2 aliphatic heterocycles. The van der Waals surface area contributed by atoms with Crippen LogP contribution < -0.4 is 11.2 Å². The van der Waals surface area contributed by atoms with Crippen molar-refractivity contribution < 1.29 is 9.59 Å². The first-order valence-electron chi connectivity index (χ1n) is 7.82. The first-order chi connectivity index (χ1) is 12.0. The van der Waals surface area contributed by atoms with Crippen molar-refractivity contribution in [3.63, 3.8) is 0 Å². The van der Waals surface area contributed by atoms with Gasteiger partial charge in [-0.1, -0.05) is 0 Å². The lowest BCUT2D eigenvalue weighted by molar-refractivity contribution is 0.0685. The largest absolute Gasteiger partial charge is 0.342 e. The van der Waals surface area contributed by atoms with Gasteiger partial charge in [-0.2, -0.15) is 10.2 Å². The number of carbonyl (C=O) groups excluding carboxylic acids is 2. The van der Waals surface area contributed by atoms with Gasteiger partial charge >= 0.3 is 5.69 Å². The second-order valence-corrected chi connectivity index (χ2v) is 6.17. The van der Waals surface area contributed by atoms with E-state index >= 15 is 0 Å². The third-order valence-electron chi connectivity index (χ3n) is 4.75. The fourth-order valence-corrected chi connectivity index (χ4v) is 3.56. The van der Waals surface area contributed by atoms with E-state index in [1.165, 1.54) is 17.3 Å². The molecule has 0 radical (unpaired) electrons. The average molecular weight is 345 g/mol. The third kappa shape index (κ3) is 2.53. The van der Waals surface area contributed by atoms with Crippen molar-refractivity contribution in [1.29, 1.82) is 0 Å². The molecule has 4 rings (SSSR count). The van der Waals surface area contributed by atoms with Gasteiger partial charge in [0.2, 0.25) is 5.69 Å². The van der Waals surface area contributed by atoms with Crippen LogP contribution in [0, 0.1) is 5.92 Å². The van der Waals surface area contributed by atoms with Crippen molar-refractivity contribution in [3.8, 4) is 0 Å². The standard InChI is InChI=1S/C14H15N7O4/c22-11-10(18-19-14(25)17-11)13(24)20-5-7-1-2-21(9(7)6-20)12(23)8-3-15-16-4-8/h3-4,7,9H,1-2,5-6H2,(H,15,16)(H2,17,19,22,25)/t7-,9+/m1/s1. The summed E-state index contributed by atoms with van der Waals surface area (Å²) in [6.07, 6.45) is 3.79. The highest BCUT2D eigenvalue weighted by atomic mass is 16.2. The molecule has 0 unspecified atom stereocenters. The Morgan fingerprint density at radius 3 is 2.76 bits per heavy atom. The lowest BCUT2D eigenvalue weighted by Crippen LogP contribution is -2.42. The Morgan fingerprint density at radius 1 is 1.20 bits per heavy atom. The summed E-state index contributed by atoms with van der Waals surface area (Å²) >= 11 is 0. The fourth-order valence-electron chi connectivity index (χ4n) is 3.56. The zero-order chi connectivity index (χ0) is 17.6. The van der Waals surface area contributed by atoms with Gasteiger partial charge in [0.15, 0.2) is 0 Å². The number of nitrogens with one attached hydrogen (secondary N) is 3. The number of carbonyl (C=O) groups is 2. The van der Waals surface area contributed by atoms with Gasteiger partial charge in [0, 0.05) is 31.7 Å². The van der Waals surface area contributed by atoms with Crippen molar-refractivity contribution in [2.75, 3.05) is 19.6 Å². The van der Waals surface area contributed by atoms with Crippen molar-refractivity contribution in [2.24, 2.45) is 5.92 Å². The molecule has 25 heavy (non-hydrogen) atoms. The maximum Gasteiger partial charge on any atom is 0.342 e. The molecule has 2 aliphatic rings. The highest BCUT2D eigenvalue weighted by molar-refractivity contribution is 5.95. The van der Waals surface area contributed by atoms with Crippen molar-refractivity contribution >= 4 is 11.8 Å². The van der Waals surface area contributed by atoms with Crippen LogP contribution in [0.25, 0.3) is 0 Å². The molecule has 2 fully saturated rings. The second kappa shape index (κ2) is 5.69. The lowest BCUT2D eigenvalue weighted by Gasteiger charge is -2.24. The van der Waals surface area contributed by atoms with Crippen LogP contribution in [-0.4, -0.2) is 72.7 Å². The average Bonchev–Trinajstić information content (AvgIpc) is 3.30. The molecule has 0 aromatic carbocycles.